The van der Waals surface area contributed by atoms with Gasteiger partial charge >= 0.3 is 0 Å². The van der Waals surface area contributed by atoms with Crippen LogP contribution in [0.5, 0.6) is 0 Å². The summed E-state index contributed by atoms with van der Waals surface area (Å²) in [6.45, 7) is 0. The van der Waals surface area contributed by atoms with Crippen molar-refractivity contribution >= 4 is 17.1 Å². The first kappa shape index (κ1) is 18.1. The Morgan fingerprint density at radius 3 is 2.39 bits per heavy atom. The fourth-order valence-corrected chi connectivity index (χ4v) is 5.04. The van der Waals surface area contributed by atoms with Crippen molar-refractivity contribution in [2.45, 2.75) is 56.5 Å². The van der Waals surface area contributed by atoms with Crippen LogP contribution in [0.1, 0.15) is 73.3 Å². The Morgan fingerprint density at radius 2 is 1.68 bits per heavy atom. The van der Waals surface area contributed by atoms with Crippen LogP contribution in [-0.4, -0.2) is 14.5 Å². The molecule has 2 aromatic heterocycles. The van der Waals surface area contributed by atoms with Gasteiger partial charge in [0.1, 0.15) is 5.82 Å². The number of hydrogen-bond donors (Lipinski definition) is 1. The summed E-state index contributed by atoms with van der Waals surface area (Å²) in [4.78, 5) is 4.28. The van der Waals surface area contributed by atoms with Crippen molar-refractivity contribution < 1.29 is 9.50 Å². The smallest absolute Gasteiger partial charge is 0.128 e. The molecule has 0 saturated heterocycles. The molecule has 2 saturated carbocycles. The number of hydrogen-bond acceptors (Lipinski definition) is 2. The molecule has 0 spiro atoms. The minimum Gasteiger partial charge on any atom is -0.387 e. The van der Waals surface area contributed by atoms with Crippen LogP contribution in [0.25, 0.3) is 5.52 Å². The normalized spacial score (nSPS) is 23.8. The second-order valence-electron chi connectivity index (χ2n) is 8.36. The van der Waals surface area contributed by atoms with E-state index in [-0.39, 0.29) is 17.7 Å². The van der Waals surface area contributed by atoms with Crippen molar-refractivity contribution in [3.05, 3.63) is 70.5 Å². The van der Waals surface area contributed by atoms with Crippen molar-refractivity contribution in [1.29, 1.82) is 0 Å². The second-order valence-corrected chi connectivity index (χ2v) is 8.80. The summed E-state index contributed by atoms with van der Waals surface area (Å²) in [6.07, 6.45) is 9.10. The average Bonchev–Trinajstić information content (AvgIpc) is 3.43. The number of imidazole rings is 1. The highest BCUT2D eigenvalue weighted by atomic mass is 35.5. The van der Waals surface area contributed by atoms with E-state index in [4.69, 9.17) is 11.6 Å². The molecule has 5 rings (SSSR count). The van der Waals surface area contributed by atoms with Crippen LogP contribution < -0.4 is 0 Å². The molecule has 0 aliphatic heterocycles. The molecular weight excluding hydrogens is 375 g/mol. The third-order valence-electron chi connectivity index (χ3n) is 6.57. The predicted molar refractivity (Wildman–Crippen MR) is 108 cm³/mol. The molecule has 2 fully saturated rings. The largest absolute Gasteiger partial charge is 0.387 e. The molecule has 3 nitrogen and oxygen atoms in total. The summed E-state index contributed by atoms with van der Waals surface area (Å²) in [6, 6.07) is 9.25. The van der Waals surface area contributed by atoms with Gasteiger partial charge in [0, 0.05) is 5.02 Å². The summed E-state index contributed by atoms with van der Waals surface area (Å²) >= 11 is 5.89. The monoisotopic (exact) mass is 398 g/mol. The highest BCUT2D eigenvalue weighted by Gasteiger charge is 2.34. The summed E-state index contributed by atoms with van der Waals surface area (Å²) in [5, 5.41) is 11.8. The fraction of sp³-hybridized carbons (Fsp3) is 0.435. The van der Waals surface area contributed by atoms with Gasteiger partial charge in [0.25, 0.3) is 0 Å². The van der Waals surface area contributed by atoms with Crippen LogP contribution in [0.15, 0.2) is 42.9 Å². The van der Waals surface area contributed by atoms with E-state index < -0.39 is 6.10 Å². The number of aliphatic hydroxyl groups is 1. The van der Waals surface area contributed by atoms with Gasteiger partial charge in [0.2, 0.25) is 0 Å². The lowest BCUT2D eigenvalue weighted by atomic mass is 9.75. The molecule has 28 heavy (non-hydrogen) atoms. The lowest BCUT2D eigenvalue weighted by molar-refractivity contribution is 0.0752. The molecule has 3 aromatic rings. The lowest BCUT2D eigenvalue weighted by Gasteiger charge is -2.33. The highest BCUT2D eigenvalue weighted by molar-refractivity contribution is 6.30. The molecule has 146 valence electrons. The van der Waals surface area contributed by atoms with Gasteiger partial charge in [0.05, 0.1) is 29.8 Å². The maximum Gasteiger partial charge on any atom is 0.128 e. The van der Waals surface area contributed by atoms with Gasteiger partial charge in [-0.15, -0.1) is 0 Å². The van der Waals surface area contributed by atoms with Crippen LogP contribution in [0.3, 0.4) is 0 Å². The van der Waals surface area contributed by atoms with E-state index in [2.05, 4.69) is 21.5 Å². The number of aliphatic hydroxyl groups excluding tert-OH is 1. The third kappa shape index (κ3) is 3.23. The average molecular weight is 399 g/mol. The Hall–Kier alpha value is -1.91. The number of halogens is 2. The summed E-state index contributed by atoms with van der Waals surface area (Å²) < 4.78 is 16.4. The van der Waals surface area contributed by atoms with Gasteiger partial charge in [-0.2, -0.15) is 0 Å². The Morgan fingerprint density at radius 1 is 1.00 bits per heavy atom. The molecule has 1 aromatic carbocycles. The van der Waals surface area contributed by atoms with Crippen LogP contribution >= 0.6 is 11.6 Å². The van der Waals surface area contributed by atoms with Crippen LogP contribution in [0.4, 0.5) is 4.39 Å². The Kier molecular flexibility index (Phi) is 4.64. The second kappa shape index (κ2) is 7.16. The van der Waals surface area contributed by atoms with Crippen LogP contribution in [0, 0.1) is 11.7 Å². The maximum atomic E-state index is 14.3. The van der Waals surface area contributed by atoms with Gasteiger partial charge in [-0.05, 0) is 85.6 Å². The van der Waals surface area contributed by atoms with E-state index in [0.717, 1.165) is 42.5 Å². The molecule has 0 unspecified atom stereocenters. The Bertz CT molecular complexity index is 1010. The summed E-state index contributed by atoms with van der Waals surface area (Å²) in [7, 11) is 0. The molecule has 0 bridgehead atoms. The van der Waals surface area contributed by atoms with Crippen molar-refractivity contribution in [3.63, 3.8) is 0 Å². The lowest BCUT2D eigenvalue weighted by Crippen LogP contribution is -2.22. The van der Waals surface area contributed by atoms with Gasteiger partial charge < -0.3 is 9.51 Å². The maximum absolute atomic E-state index is 14.3. The quantitative estimate of drug-likeness (QED) is 0.584. The van der Waals surface area contributed by atoms with E-state index >= 15 is 0 Å². The minimum atomic E-state index is -0.510. The number of pyridine rings is 1. The Balaban J connectivity index is 1.38. The molecule has 2 heterocycles. The highest BCUT2D eigenvalue weighted by Crippen LogP contribution is 2.47. The molecule has 0 radical (unpaired) electrons. The summed E-state index contributed by atoms with van der Waals surface area (Å²) in [5.41, 5.74) is 4.06. The molecule has 2 aliphatic carbocycles. The number of nitrogens with zero attached hydrogens (tertiary/aromatic N) is 2. The van der Waals surface area contributed by atoms with Crippen molar-refractivity contribution in [2.24, 2.45) is 5.92 Å². The van der Waals surface area contributed by atoms with Crippen LogP contribution in [-0.2, 0) is 0 Å². The first-order valence-electron chi connectivity index (χ1n) is 10.2. The van der Waals surface area contributed by atoms with Crippen molar-refractivity contribution in [2.75, 3.05) is 0 Å². The van der Waals surface area contributed by atoms with E-state index in [1.807, 2.05) is 18.6 Å². The first-order valence-corrected chi connectivity index (χ1v) is 10.6. The molecule has 2 aliphatic rings. The van der Waals surface area contributed by atoms with Crippen LogP contribution in [0.2, 0.25) is 5.02 Å². The molecular formula is C23H24ClFN2O. The van der Waals surface area contributed by atoms with Gasteiger partial charge in [-0.25, -0.2) is 9.37 Å². The van der Waals surface area contributed by atoms with Gasteiger partial charge in [0.15, 0.2) is 0 Å². The van der Waals surface area contributed by atoms with E-state index in [1.165, 1.54) is 24.5 Å². The first-order chi connectivity index (χ1) is 13.6. The van der Waals surface area contributed by atoms with E-state index in [0.29, 0.717) is 10.9 Å². The predicted octanol–water partition coefficient (Wildman–Crippen LogP) is 6.01. The van der Waals surface area contributed by atoms with E-state index in [9.17, 15) is 9.50 Å². The minimum absolute atomic E-state index is 0.192. The standard InChI is InChI=1S/C23H24ClFN2O/c24-17-7-9-19(21(25)11-17)14-3-5-16(6-4-14)23(28)22-20(15-1-2-15)10-8-18-12-26-13-27(18)22/h7-16,23,28H,1-6H2/t14-,16-,23-/m0/s1. The topological polar surface area (TPSA) is 37.5 Å². The zero-order chi connectivity index (χ0) is 19.3. The van der Waals surface area contributed by atoms with Crippen molar-refractivity contribution in [1.82, 2.24) is 9.38 Å². The fourth-order valence-electron chi connectivity index (χ4n) is 4.88. The number of benzene rings is 1. The molecule has 0 amide bonds. The Labute approximate surface area is 169 Å². The molecule has 1 N–H and O–H groups in total. The van der Waals surface area contributed by atoms with Gasteiger partial charge in [-0.3, -0.25) is 0 Å². The SMILES string of the molecule is O[C@H](c1c(C2CC2)ccc2cncn12)[C@H]1CC[C@H](c2ccc(Cl)cc2F)CC1. The molecule has 5 heteroatoms. The number of rotatable bonds is 4. The zero-order valence-corrected chi connectivity index (χ0v) is 16.4. The zero-order valence-electron chi connectivity index (χ0n) is 15.7. The summed E-state index contributed by atoms with van der Waals surface area (Å²) in [5.74, 6) is 0.747. The number of fused-ring (bicyclic) bond motifs is 1. The number of aromatic nitrogens is 2. The third-order valence-corrected chi connectivity index (χ3v) is 6.81. The molecule has 1 atom stereocenters. The van der Waals surface area contributed by atoms with Gasteiger partial charge in [-0.1, -0.05) is 23.7 Å². The van der Waals surface area contributed by atoms with Crippen molar-refractivity contribution in [3.8, 4) is 0 Å². The van der Waals surface area contributed by atoms with E-state index in [1.54, 1.807) is 6.07 Å².